The van der Waals surface area contributed by atoms with E-state index in [2.05, 4.69) is 11.0 Å². The lowest BCUT2D eigenvalue weighted by molar-refractivity contribution is -0.138. The Morgan fingerprint density at radius 2 is 1.94 bits per heavy atom. The van der Waals surface area contributed by atoms with Crippen LogP contribution in [0.3, 0.4) is 0 Å². The van der Waals surface area contributed by atoms with Crippen molar-refractivity contribution in [1.29, 1.82) is 0 Å². The van der Waals surface area contributed by atoms with E-state index in [1.807, 2.05) is 7.05 Å². The van der Waals surface area contributed by atoms with Gasteiger partial charge in [0.1, 0.15) is 0 Å². The van der Waals surface area contributed by atoms with Crippen LogP contribution in [0.4, 0.5) is 13.2 Å². The second-order valence-corrected chi connectivity index (χ2v) is 4.59. The molecule has 0 unspecified atom stereocenters. The summed E-state index contributed by atoms with van der Waals surface area (Å²) in [6.45, 7) is 1.72. The van der Waals surface area contributed by atoms with Crippen LogP contribution in [0.5, 0.6) is 0 Å². The molecule has 0 amide bonds. The Morgan fingerprint density at radius 3 is 2.53 bits per heavy atom. The van der Waals surface area contributed by atoms with E-state index in [0.29, 0.717) is 5.56 Å². The number of benzene rings is 1. The predicted molar refractivity (Wildman–Crippen MR) is 59.8 cm³/mol. The maximum Gasteiger partial charge on any atom is 0.416 e. The molecule has 1 nitrogen and oxygen atoms in total. The van der Waals surface area contributed by atoms with E-state index in [1.54, 1.807) is 12.1 Å². The third-order valence-electron chi connectivity index (χ3n) is 3.36. The summed E-state index contributed by atoms with van der Waals surface area (Å²) in [5.74, 6) is 0.0254. The number of halogens is 3. The zero-order valence-corrected chi connectivity index (χ0v) is 9.72. The fourth-order valence-electron chi connectivity index (χ4n) is 2.36. The van der Waals surface area contributed by atoms with E-state index in [1.165, 1.54) is 0 Å². The Bertz CT molecular complexity index is 378. The summed E-state index contributed by atoms with van der Waals surface area (Å²) >= 11 is 0. The van der Waals surface area contributed by atoms with Crippen LogP contribution in [-0.4, -0.2) is 25.0 Å². The van der Waals surface area contributed by atoms with E-state index >= 15 is 0 Å². The first-order valence-electron chi connectivity index (χ1n) is 5.74. The van der Waals surface area contributed by atoms with Crippen LogP contribution in [0, 0.1) is 6.07 Å². The van der Waals surface area contributed by atoms with Crippen molar-refractivity contribution in [2.24, 2.45) is 0 Å². The molecule has 1 saturated heterocycles. The van der Waals surface area contributed by atoms with Gasteiger partial charge in [-0.3, -0.25) is 0 Å². The van der Waals surface area contributed by atoms with Gasteiger partial charge in [0.25, 0.3) is 0 Å². The summed E-state index contributed by atoms with van der Waals surface area (Å²) in [6.07, 6.45) is -2.68. The fraction of sp³-hybridized carbons (Fsp3) is 0.538. The van der Waals surface area contributed by atoms with Crippen molar-refractivity contribution in [3.05, 3.63) is 35.4 Å². The molecular formula is C13H15F3N. The molecule has 1 aromatic rings. The second kappa shape index (κ2) is 4.69. The van der Waals surface area contributed by atoms with Gasteiger partial charge in [-0.25, -0.2) is 0 Å². The van der Waals surface area contributed by atoms with Gasteiger partial charge < -0.3 is 4.90 Å². The van der Waals surface area contributed by atoms with Crippen LogP contribution in [0.2, 0.25) is 0 Å². The van der Waals surface area contributed by atoms with Gasteiger partial charge in [-0.2, -0.15) is 13.2 Å². The molecule has 1 radical (unpaired) electrons. The standard InChI is InChI=1S/C13H15F3N/c1-17-8-6-10(7-9-17)11-4-2-3-5-12(11)13(14,15)16/h2,4-5,10H,6-9H2,1H3. The van der Waals surface area contributed by atoms with Gasteiger partial charge in [-0.1, -0.05) is 12.1 Å². The van der Waals surface area contributed by atoms with Crippen LogP contribution in [0.25, 0.3) is 0 Å². The normalized spacial score (nSPS) is 19.5. The minimum Gasteiger partial charge on any atom is -0.306 e. The third-order valence-corrected chi connectivity index (χ3v) is 3.36. The summed E-state index contributed by atoms with van der Waals surface area (Å²) in [5, 5.41) is 0. The monoisotopic (exact) mass is 242 g/mol. The van der Waals surface area contributed by atoms with Crippen LogP contribution in [-0.2, 0) is 6.18 Å². The van der Waals surface area contributed by atoms with Gasteiger partial charge >= 0.3 is 6.18 Å². The summed E-state index contributed by atoms with van der Waals surface area (Å²) in [4.78, 5) is 2.15. The zero-order chi connectivity index (χ0) is 12.5. The van der Waals surface area contributed by atoms with Crippen LogP contribution in [0.1, 0.15) is 29.9 Å². The molecule has 1 heterocycles. The van der Waals surface area contributed by atoms with Crippen molar-refractivity contribution in [3.8, 4) is 0 Å². The lowest BCUT2D eigenvalue weighted by atomic mass is 9.86. The fourth-order valence-corrected chi connectivity index (χ4v) is 2.36. The zero-order valence-electron chi connectivity index (χ0n) is 9.72. The van der Waals surface area contributed by atoms with Crippen molar-refractivity contribution >= 4 is 0 Å². The van der Waals surface area contributed by atoms with E-state index in [0.717, 1.165) is 32.0 Å². The molecule has 0 spiro atoms. The van der Waals surface area contributed by atoms with Gasteiger partial charge in [0.15, 0.2) is 0 Å². The quantitative estimate of drug-likeness (QED) is 0.730. The summed E-state index contributed by atoms with van der Waals surface area (Å²) in [7, 11) is 2.00. The molecule has 1 aromatic carbocycles. The van der Waals surface area contributed by atoms with Crippen LogP contribution < -0.4 is 0 Å². The molecule has 0 N–H and O–H groups in total. The Hall–Kier alpha value is -1.03. The first-order chi connectivity index (χ1) is 7.98. The molecule has 1 fully saturated rings. The van der Waals surface area contributed by atoms with Crippen molar-refractivity contribution in [1.82, 2.24) is 4.90 Å². The average Bonchev–Trinajstić information content (AvgIpc) is 2.29. The van der Waals surface area contributed by atoms with Gasteiger partial charge in [-0.05, 0) is 56.6 Å². The average molecular weight is 242 g/mol. The van der Waals surface area contributed by atoms with Crippen LogP contribution >= 0.6 is 0 Å². The predicted octanol–water partition coefficient (Wildman–Crippen LogP) is 3.31. The highest BCUT2D eigenvalue weighted by Gasteiger charge is 2.35. The Balaban J connectivity index is 2.26. The molecule has 4 heteroatoms. The van der Waals surface area contributed by atoms with E-state index in [4.69, 9.17) is 0 Å². The van der Waals surface area contributed by atoms with Gasteiger partial charge in [0.05, 0.1) is 5.56 Å². The van der Waals surface area contributed by atoms with Crippen molar-refractivity contribution in [2.75, 3.05) is 20.1 Å². The highest BCUT2D eigenvalue weighted by atomic mass is 19.4. The third kappa shape index (κ3) is 2.80. The van der Waals surface area contributed by atoms with Crippen molar-refractivity contribution < 1.29 is 13.2 Å². The highest BCUT2D eigenvalue weighted by molar-refractivity contribution is 5.32. The van der Waals surface area contributed by atoms with Gasteiger partial charge in [-0.15, -0.1) is 0 Å². The Morgan fingerprint density at radius 1 is 1.29 bits per heavy atom. The first-order valence-corrected chi connectivity index (χ1v) is 5.74. The summed E-state index contributed by atoms with van der Waals surface area (Å²) < 4.78 is 38.5. The van der Waals surface area contributed by atoms with Crippen LogP contribution in [0.15, 0.2) is 18.2 Å². The molecule has 0 aromatic heterocycles. The first kappa shape index (κ1) is 12.4. The molecule has 0 bridgehead atoms. The number of rotatable bonds is 1. The summed E-state index contributed by atoms with van der Waals surface area (Å²) in [5.41, 5.74) is -0.0843. The molecule has 93 valence electrons. The lowest BCUT2D eigenvalue weighted by Gasteiger charge is -2.30. The Kier molecular flexibility index (Phi) is 3.43. The number of hydrogen-bond donors (Lipinski definition) is 0. The number of piperidine rings is 1. The maximum absolute atomic E-state index is 12.8. The topological polar surface area (TPSA) is 3.24 Å². The smallest absolute Gasteiger partial charge is 0.306 e. The highest BCUT2D eigenvalue weighted by Crippen LogP contribution is 2.38. The van der Waals surface area contributed by atoms with E-state index in [-0.39, 0.29) is 5.92 Å². The molecule has 17 heavy (non-hydrogen) atoms. The SMILES string of the molecule is CN1CCC(c2cc[c]cc2C(F)(F)F)CC1. The lowest BCUT2D eigenvalue weighted by Crippen LogP contribution is -2.30. The molecular weight excluding hydrogens is 227 g/mol. The van der Waals surface area contributed by atoms with Gasteiger partial charge in [0.2, 0.25) is 0 Å². The Labute approximate surface area is 99.2 Å². The van der Waals surface area contributed by atoms with E-state index < -0.39 is 11.7 Å². The number of hydrogen-bond acceptors (Lipinski definition) is 1. The number of alkyl halides is 3. The second-order valence-electron chi connectivity index (χ2n) is 4.59. The maximum atomic E-state index is 12.8. The minimum absolute atomic E-state index is 0.0254. The number of likely N-dealkylation sites (tertiary alicyclic amines) is 1. The molecule has 1 aliphatic heterocycles. The molecule has 0 aliphatic carbocycles. The van der Waals surface area contributed by atoms with Crippen molar-refractivity contribution in [2.45, 2.75) is 24.9 Å². The molecule has 2 rings (SSSR count). The number of nitrogens with zero attached hydrogens (tertiary/aromatic N) is 1. The largest absolute Gasteiger partial charge is 0.416 e. The van der Waals surface area contributed by atoms with Gasteiger partial charge in [0, 0.05) is 0 Å². The summed E-state index contributed by atoms with van der Waals surface area (Å²) in [6, 6.07) is 6.73. The molecule has 0 saturated carbocycles. The van der Waals surface area contributed by atoms with Crippen molar-refractivity contribution in [3.63, 3.8) is 0 Å². The molecule has 0 atom stereocenters. The molecule has 1 aliphatic rings. The minimum atomic E-state index is -4.27. The van der Waals surface area contributed by atoms with E-state index in [9.17, 15) is 13.2 Å².